The fraction of sp³-hybridized carbons (Fsp3) is 0.188. The lowest BCUT2D eigenvalue weighted by Gasteiger charge is -2.14. The van der Waals surface area contributed by atoms with E-state index in [9.17, 15) is 9.18 Å². The Balaban J connectivity index is 2.37. The van der Waals surface area contributed by atoms with Gasteiger partial charge in [-0.25, -0.2) is 4.39 Å². The summed E-state index contributed by atoms with van der Waals surface area (Å²) in [5.74, 6) is -0.750. The number of hydrogen-bond acceptors (Lipinski definition) is 3. The molecule has 0 aliphatic heterocycles. The van der Waals surface area contributed by atoms with Gasteiger partial charge < -0.3 is 15.8 Å². The van der Waals surface area contributed by atoms with Gasteiger partial charge in [0.1, 0.15) is 5.75 Å². The Hall–Kier alpha value is -2.40. The van der Waals surface area contributed by atoms with E-state index in [1.54, 1.807) is 36.4 Å². The molecule has 0 aliphatic rings. The van der Waals surface area contributed by atoms with Crippen LogP contribution >= 0.6 is 0 Å². The minimum Gasteiger partial charge on any atom is -0.453 e. The van der Waals surface area contributed by atoms with E-state index in [0.717, 1.165) is 6.54 Å². The van der Waals surface area contributed by atoms with Crippen molar-refractivity contribution in [3.05, 3.63) is 59.4 Å². The molecule has 0 aromatic heterocycles. The van der Waals surface area contributed by atoms with Gasteiger partial charge in [0.2, 0.25) is 0 Å². The average molecular weight is 288 g/mol. The van der Waals surface area contributed by atoms with E-state index < -0.39 is 11.7 Å². The molecule has 5 heteroatoms. The van der Waals surface area contributed by atoms with Crippen LogP contribution in [0, 0.1) is 5.82 Å². The second-order valence-electron chi connectivity index (χ2n) is 4.47. The topological polar surface area (TPSA) is 64.3 Å². The number of nitrogens with two attached hydrogens (primary N) is 1. The van der Waals surface area contributed by atoms with Crippen molar-refractivity contribution in [2.75, 3.05) is 6.54 Å². The molecule has 0 heterocycles. The molecule has 0 saturated heterocycles. The second kappa shape index (κ2) is 6.85. The zero-order chi connectivity index (χ0) is 15.2. The standard InChI is InChI=1S/C16H17FN2O2/c1-2-19-10-11-6-5-8-13(17)15(11)21-14-9-4-3-7-12(14)16(18)20/h3-9,19H,2,10H2,1H3,(H2,18,20). The van der Waals surface area contributed by atoms with Crippen molar-refractivity contribution in [3.63, 3.8) is 0 Å². The highest BCUT2D eigenvalue weighted by molar-refractivity contribution is 5.95. The van der Waals surface area contributed by atoms with Crippen LogP contribution in [0.3, 0.4) is 0 Å². The highest BCUT2D eigenvalue weighted by Gasteiger charge is 2.14. The second-order valence-corrected chi connectivity index (χ2v) is 4.47. The summed E-state index contributed by atoms with van der Waals surface area (Å²) in [6.45, 7) is 3.19. The van der Waals surface area contributed by atoms with Gasteiger partial charge in [0, 0.05) is 12.1 Å². The molecule has 21 heavy (non-hydrogen) atoms. The third kappa shape index (κ3) is 3.58. The van der Waals surface area contributed by atoms with Gasteiger partial charge in [-0.15, -0.1) is 0 Å². The quantitative estimate of drug-likeness (QED) is 0.859. The first-order valence-corrected chi connectivity index (χ1v) is 6.68. The van der Waals surface area contributed by atoms with Crippen molar-refractivity contribution in [2.45, 2.75) is 13.5 Å². The number of hydrogen-bond donors (Lipinski definition) is 2. The summed E-state index contributed by atoms with van der Waals surface area (Å²) in [5, 5.41) is 3.12. The number of nitrogens with one attached hydrogen (secondary N) is 1. The van der Waals surface area contributed by atoms with Gasteiger partial charge in [0.05, 0.1) is 5.56 Å². The van der Waals surface area contributed by atoms with Crippen LogP contribution < -0.4 is 15.8 Å². The average Bonchev–Trinajstić information content (AvgIpc) is 2.48. The normalized spacial score (nSPS) is 10.4. The van der Waals surface area contributed by atoms with Gasteiger partial charge in [0.15, 0.2) is 11.6 Å². The first kappa shape index (κ1) is 15.0. The van der Waals surface area contributed by atoms with Gasteiger partial charge in [-0.3, -0.25) is 4.79 Å². The largest absolute Gasteiger partial charge is 0.453 e. The van der Waals surface area contributed by atoms with Crippen molar-refractivity contribution < 1.29 is 13.9 Å². The molecule has 2 rings (SSSR count). The van der Waals surface area contributed by atoms with Gasteiger partial charge >= 0.3 is 0 Å². The Bertz CT molecular complexity index is 644. The van der Waals surface area contributed by atoms with Crippen molar-refractivity contribution in [2.24, 2.45) is 5.73 Å². The van der Waals surface area contributed by atoms with Gasteiger partial charge in [-0.2, -0.15) is 0 Å². The summed E-state index contributed by atoms with van der Waals surface area (Å²) in [7, 11) is 0. The first-order valence-electron chi connectivity index (χ1n) is 6.68. The lowest BCUT2D eigenvalue weighted by Crippen LogP contribution is -2.14. The Morgan fingerprint density at radius 1 is 1.24 bits per heavy atom. The van der Waals surface area contributed by atoms with E-state index >= 15 is 0 Å². The summed E-state index contributed by atoms with van der Waals surface area (Å²) in [5.41, 5.74) is 6.19. The molecule has 0 fully saturated rings. The molecule has 0 spiro atoms. The minimum absolute atomic E-state index is 0.104. The van der Waals surface area contributed by atoms with E-state index in [0.29, 0.717) is 12.1 Å². The molecule has 0 bridgehead atoms. The fourth-order valence-corrected chi connectivity index (χ4v) is 1.94. The van der Waals surface area contributed by atoms with Crippen molar-refractivity contribution in [3.8, 4) is 11.5 Å². The molecular formula is C16H17FN2O2. The molecule has 0 unspecified atom stereocenters. The Labute approximate surface area is 122 Å². The van der Waals surface area contributed by atoms with E-state index in [1.165, 1.54) is 6.07 Å². The van der Waals surface area contributed by atoms with Crippen LogP contribution in [0.2, 0.25) is 0 Å². The Morgan fingerprint density at radius 3 is 2.71 bits per heavy atom. The van der Waals surface area contributed by atoms with Gasteiger partial charge in [-0.1, -0.05) is 31.2 Å². The van der Waals surface area contributed by atoms with Crippen LogP contribution in [0.4, 0.5) is 4.39 Å². The number of para-hydroxylation sites is 2. The van der Waals surface area contributed by atoms with Crippen molar-refractivity contribution in [1.82, 2.24) is 5.32 Å². The SMILES string of the molecule is CCNCc1cccc(F)c1Oc1ccccc1C(N)=O. The van der Waals surface area contributed by atoms with E-state index in [4.69, 9.17) is 10.5 Å². The van der Waals surface area contributed by atoms with Crippen LogP contribution in [-0.2, 0) is 6.54 Å². The van der Waals surface area contributed by atoms with Crippen LogP contribution in [-0.4, -0.2) is 12.5 Å². The number of carbonyl (C=O) groups excluding carboxylic acids is 1. The third-order valence-corrected chi connectivity index (χ3v) is 2.98. The smallest absolute Gasteiger partial charge is 0.252 e. The van der Waals surface area contributed by atoms with Crippen LogP contribution in [0.15, 0.2) is 42.5 Å². The number of carbonyl (C=O) groups is 1. The molecular weight excluding hydrogens is 271 g/mol. The summed E-state index contributed by atoms with van der Waals surface area (Å²) in [6, 6.07) is 11.2. The molecule has 0 aliphatic carbocycles. The van der Waals surface area contributed by atoms with Crippen LogP contribution in [0.25, 0.3) is 0 Å². The summed E-state index contributed by atoms with van der Waals surface area (Å²) < 4.78 is 19.6. The lowest BCUT2D eigenvalue weighted by atomic mass is 10.1. The monoisotopic (exact) mass is 288 g/mol. The molecule has 0 saturated carbocycles. The predicted molar refractivity (Wildman–Crippen MR) is 78.8 cm³/mol. The number of rotatable bonds is 6. The van der Waals surface area contributed by atoms with E-state index in [-0.39, 0.29) is 17.1 Å². The predicted octanol–water partition coefficient (Wildman–Crippen LogP) is 2.83. The molecule has 2 aromatic carbocycles. The Kier molecular flexibility index (Phi) is 4.90. The molecule has 2 aromatic rings. The summed E-state index contributed by atoms with van der Waals surface area (Å²) in [6.07, 6.45) is 0. The number of primary amides is 1. The molecule has 1 amide bonds. The number of benzene rings is 2. The highest BCUT2D eigenvalue weighted by atomic mass is 19.1. The van der Waals surface area contributed by atoms with Crippen molar-refractivity contribution >= 4 is 5.91 Å². The minimum atomic E-state index is -0.616. The first-order chi connectivity index (χ1) is 10.1. The van der Waals surface area contributed by atoms with Gasteiger partial charge in [0.25, 0.3) is 5.91 Å². The molecule has 4 nitrogen and oxygen atoms in total. The molecule has 0 atom stereocenters. The zero-order valence-electron chi connectivity index (χ0n) is 11.7. The lowest BCUT2D eigenvalue weighted by molar-refractivity contribution is 0.0998. The summed E-state index contributed by atoms with van der Waals surface area (Å²) in [4.78, 5) is 11.4. The molecule has 0 radical (unpaired) electrons. The number of halogens is 1. The van der Waals surface area contributed by atoms with E-state index in [2.05, 4.69) is 5.32 Å². The third-order valence-electron chi connectivity index (χ3n) is 2.98. The summed E-state index contributed by atoms with van der Waals surface area (Å²) >= 11 is 0. The van der Waals surface area contributed by atoms with Crippen molar-refractivity contribution in [1.29, 1.82) is 0 Å². The highest BCUT2D eigenvalue weighted by Crippen LogP contribution is 2.30. The zero-order valence-corrected chi connectivity index (χ0v) is 11.7. The van der Waals surface area contributed by atoms with Crippen LogP contribution in [0.5, 0.6) is 11.5 Å². The van der Waals surface area contributed by atoms with E-state index in [1.807, 2.05) is 6.92 Å². The maximum absolute atomic E-state index is 14.0. The van der Waals surface area contributed by atoms with Gasteiger partial charge in [-0.05, 0) is 24.7 Å². The maximum Gasteiger partial charge on any atom is 0.252 e. The maximum atomic E-state index is 14.0. The van der Waals surface area contributed by atoms with Crippen LogP contribution in [0.1, 0.15) is 22.8 Å². The fourth-order valence-electron chi connectivity index (χ4n) is 1.94. The Morgan fingerprint density at radius 2 is 2.00 bits per heavy atom. The number of amides is 1. The number of ether oxygens (including phenoxy) is 1. The molecule has 110 valence electrons. The molecule has 3 N–H and O–H groups in total.